The Balaban J connectivity index is 1.72. The lowest BCUT2D eigenvalue weighted by atomic mass is 10.2. The molecule has 1 amide bonds. The van der Waals surface area contributed by atoms with Crippen LogP contribution in [0.4, 0.5) is 11.8 Å². The molecule has 1 aromatic carbocycles. The molecule has 0 aliphatic carbocycles. The number of anilines is 2. The van der Waals surface area contributed by atoms with E-state index in [9.17, 15) is 4.79 Å². The summed E-state index contributed by atoms with van der Waals surface area (Å²) in [5, 5.41) is 0.216. The fourth-order valence-electron chi connectivity index (χ4n) is 2.62. The van der Waals surface area contributed by atoms with Crippen LogP contribution in [-0.4, -0.2) is 22.7 Å². The maximum atomic E-state index is 12.3. The van der Waals surface area contributed by atoms with Crippen LogP contribution in [0.15, 0.2) is 16.6 Å². The van der Waals surface area contributed by atoms with E-state index in [4.69, 9.17) is 26.8 Å². The van der Waals surface area contributed by atoms with Gasteiger partial charge in [0.15, 0.2) is 11.5 Å². The molecular weight excluding hydrogens is 388 g/mol. The minimum absolute atomic E-state index is 0.0400. The monoisotopic (exact) mass is 396 g/mol. The van der Waals surface area contributed by atoms with E-state index >= 15 is 0 Å². The van der Waals surface area contributed by atoms with Gasteiger partial charge in [-0.25, -0.2) is 4.98 Å². The zero-order valence-electron chi connectivity index (χ0n) is 11.7. The van der Waals surface area contributed by atoms with Crippen molar-refractivity contribution in [1.82, 2.24) is 9.97 Å². The molecule has 4 rings (SSSR count). The molecule has 0 unspecified atom stereocenters. The summed E-state index contributed by atoms with van der Waals surface area (Å²) in [5.41, 5.74) is 7.11. The van der Waals surface area contributed by atoms with Crippen LogP contribution in [-0.2, 0) is 17.8 Å². The summed E-state index contributed by atoms with van der Waals surface area (Å²) in [6.45, 7) is 0.506. The van der Waals surface area contributed by atoms with Gasteiger partial charge in [0.2, 0.25) is 18.6 Å². The lowest BCUT2D eigenvalue weighted by molar-refractivity contribution is -0.117. The number of nitrogens with two attached hydrogens (primary N) is 1. The van der Waals surface area contributed by atoms with Crippen molar-refractivity contribution in [3.63, 3.8) is 0 Å². The quantitative estimate of drug-likeness (QED) is 0.782. The van der Waals surface area contributed by atoms with Crippen molar-refractivity contribution in [3.05, 3.63) is 32.9 Å². The highest BCUT2D eigenvalue weighted by Crippen LogP contribution is 2.39. The van der Waals surface area contributed by atoms with Gasteiger partial charge in [0.25, 0.3) is 0 Å². The van der Waals surface area contributed by atoms with Crippen molar-refractivity contribution >= 4 is 45.2 Å². The smallest absolute Gasteiger partial charge is 0.233 e. The Bertz CT molecular complexity index is 845. The van der Waals surface area contributed by atoms with Crippen LogP contribution in [0.3, 0.4) is 0 Å². The predicted octanol–water partition coefficient (Wildman–Crippen LogP) is 2.29. The Kier molecular flexibility index (Phi) is 3.31. The van der Waals surface area contributed by atoms with Crippen LogP contribution < -0.4 is 20.1 Å². The Morgan fingerprint density at radius 2 is 2.04 bits per heavy atom. The number of aromatic nitrogens is 2. The Morgan fingerprint density at radius 3 is 2.83 bits per heavy atom. The van der Waals surface area contributed by atoms with E-state index in [1.54, 1.807) is 4.90 Å². The average Bonchev–Trinajstić information content (AvgIpc) is 3.05. The zero-order valence-corrected chi connectivity index (χ0v) is 14.0. The third kappa shape index (κ3) is 2.38. The lowest BCUT2D eigenvalue weighted by Gasteiger charge is -2.18. The van der Waals surface area contributed by atoms with Crippen LogP contribution in [0, 0.1) is 0 Å². The van der Waals surface area contributed by atoms with E-state index in [0.717, 1.165) is 10.0 Å². The van der Waals surface area contributed by atoms with E-state index in [1.165, 1.54) is 0 Å². The third-order valence-corrected chi connectivity index (χ3v) is 4.76. The zero-order chi connectivity index (χ0) is 16.1. The summed E-state index contributed by atoms with van der Waals surface area (Å²) >= 11 is 9.55. The SMILES string of the molecule is Nc1nc(Cl)c2c(n1)N(Cc1cc3c(cc1Br)OCO3)C(=O)C2. The van der Waals surface area contributed by atoms with Gasteiger partial charge in [-0.05, 0) is 17.7 Å². The van der Waals surface area contributed by atoms with Crippen molar-refractivity contribution in [1.29, 1.82) is 0 Å². The highest BCUT2D eigenvalue weighted by molar-refractivity contribution is 9.10. The number of hydrogen-bond acceptors (Lipinski definition) is 6. The van der Waals surface area contributed by atoms with Crippen LogP contribution in [0.5, 0.6) is 11.5 Å². The number of carbonyl (C=O) groups is 1. The van der Waals surface area contributed by atoms with Gasteiger partial charge in [-0.2, -0.15) is 4.98 Å². The Labute approximate surface area is 144 Å². The minimum Gasteiger partial charge on any atom is -0.454 e. The molecule has 2 aliphatic rings. The number of ether oxygens (including phenoxy) is 2. The minimum atomic E-state index is -0.105. The second-order valence-electron chi connectivity index (χ2n) is 5.13. The molecule has 1 aromatic heterocycles. The van der Waals surface area contributed by atoms with Crippen molar-refractivity contribution in [2.75, 3.05) is 17.4 Å². The molecule has 23 heavy (non-hydrogen) atoms. The molecule has 7 nitrogen and oxygen atoms in total. The van der Waals surface area contributed by atoms with Gasteiger partial charge in [0.1, 0.15) is 11.0 Å². The van der Waals surface area contributed by atoms with Gasteiger partial charge in [-0.3, -0.25) is 9.69 Å². The van der Waals surface area contributed by atoms with Gasteiger partial charge in [-0.1, -0.05) is 27.5 Å². The molecule has 0 bridgehead atoms. The fraction of sp³-hybridized carbons (Fsp3) is 0.214. The van der Waals surface area contributed by atoms with E-state index < -0.39 is 0 Å². The Hall–Kier alpha value is -2.06. The van der Waals surface area contributed by atoms with Crippen LogP contribution in [0.25, 0.3) is 0 Å². The first-order valence-electron chi connectivity index (χ1n) is 6.73. The van der Waals surface area contributed by atoms with Crippen molar-refractivity contribution in [2.24, 2.45) is 0 Å². The summed E-state index contributed by atoms with van der Waals surface area (Å²) in [4.78, 5) is 21.9. The van der Waals surface area contributed by atoms with E-state index in [-0.39, 0.29) is 30.2 Å². The highest BCUT2D eigenvalue weighted by Gasteiger charge is 2.32. The van der Waals surface area contributed by atoms with Crippen molar-refractivity contribution < 1.29 is 14.3 Å². The summed E-state index contributed by atoms with van der Waals surface area (Å²) in [6, 6.07) is 3.66. The molecule has 0 fully saturated rings. The van der Waals surface area contributed by atoms with Crippen molar-refractivity contribution in [2.45, 2.75) is 13.0 Å². The predicted molar refractivity (Wildman–Crippen MR) is 86.6 cm³/mol. The van der Waals surface area contributed by atoms with Gasteiger partial charge < -0.3 is 15.2 Å². The molecule has 0 radical (unpaired) electrons. The molecule has 118 valence electrons. The molecule has 2 aliphatic heterocycles. The summed E-state index contributed by atoms with van der Waals surface area (Å²) in [6.07, 6.45) is 0.163. The number of halogens is 2. The summed E-state index contributed by atoms with van der Waals surface area (Å²) < 4.78 is 11.5. The lowest BCUT2D eigenvalue weighted by Crippen LogP contribution is -2.27. The molecule has 2 N–H and O–H groups in total. The molecule has 3 heterocycles. The maximum absolute atomic E-state index is 12.3. The van der Waals surface area contributed by atoms with E-state index in [0.29, 0.717) is 29.4 Å². The van der Waals surface area contributed by atoms with Gasteiger partial charge in [0, 0.05) is 10.0 Å². The molecule has 0 spiro atoms. The fourth-order valence-corrected chi connectivity index (χ4v) is 3.30. The number of nitrogen functional groups attached to an aromatic ring is 1. The molecule has 0 saturated carbocycles. The third-order valence-electron chi connectivity index (χ3n) is 3.71. The van der Waals surface area contributed by atoms with Crippen molar-refractivity contribution in [3.8, 4) is 11.5 Å². The topological polar surface area (TPSA) is 90.6 Å². The first kappa shape index (κ1) is 14.5. The number of hydrogen-bond donors (Lipinski definition) is 1. The molecule has 0 saturated heterocycles. The number of benzene rings is 1. The molecule has 9 heteroatoms. The van der Waals surface area contributed by atoms with Gasteiger partial charge in [-0.15, -0.1) is 0 Å². The molecule has 2 aromatic rings. The molecule has 0 atom stereocenters. The van der Waals surface area contributed by atoms with E-state index in [2.05, 4.69) is 25.9 Å². The number of nitrogens with zero attached hydrogens (tertiary/aromatic N) is 3. The Morgan fingerprint density at radius 1 is 1.30 bits per heavy atom. The normalized spacial score (nSPS) is 15.2. The van der Waals surface area contributed by atoms with Gasteiger partial charge >= 0.3 is 0 Å². The number of fused-ring (bicyclic) bond motifs is 2. The molecular formula is C14H10BrClN4O3. The maximum Gasteiger partial charge on any atom is 0.233 e. The number of carbonyl (C=O) groups excluding carboxylic acids is 1. The summed E-state index contributed by atoms with van der Waals surface area (Å²) in [5.74, 6) is 1.71. The van der Waals surface area contributed by atoms with E-state index in [1.807, 2.05) is 12.1 Å². The number of rotatable bonds is 2. The standard InChI is InChI=1S/C14H10BrClN4O3/c15-8-3-10-9(22-5-23-10)1-6(8)4-20-11(21)2-7-12(16)18-14(17)19-13(7)20/h1,3H,2,4-5H2,(H2,17,18,19). The first-order valence-corrected chi connectivity index (χ1v) is 7.90. The second kappa shape index (κ2) is 5.24. The largest absolute Gasteiger partial charge is 0.454 e. The summed E-state index contributed by atoms with van der Waals surface area (Å²) in [7, 11) is 0. The van der Waals surface area contributed by atoms with Gasteiger partial charge in [0.05, 0.1) is 13.0 Å². The van der Waals surface area contributed by atoms with Crippen LogP contribution >= 0.6 is 27.5 Å². The van der Waals surface area contributed by atoms with Crippen LogP contribution in [0.2, 0.25) is 5.15 Å². The first-order chi connectivity index (χ1) is 11.0. The number of amides is 1. The second-order valence-corrected chi connectivity index (χ2v) is 6.34. The average molecular weight is 398 g/mol. The van der Waals surface area contributed by atoms with Crippen LogP contribution in [0.1, 0.15) is 11.1 Å². The highest BCUT2D eigenvalue weighted by atomic mass is 79.9.